The maximum absolute atomic E-state index is 12.7. The molecule has 1 amide bonds. The number of aliphatic hydroxyl groups is 1. The number of amides is 1. The van der Waals surface area contributed by atoms with Crippen LogP contribution in [0.15, 0.2) is 34.4 Å². The van der Waals surface area contributed by atoms with Crippen LogP contribution in [0.3, 0.4) is 0 Å². The van der Waals surface area contributed by atoms with E-state index in [1.54, 1.807) is 7.11 Å². The maximum atomic E-state index is 12.7. The molecule has 0 radical (unpaired) electrons. The number of nitrogens with one attached hydrogen (secondary N) is 2. The van der Waals surface area contributed by atoms with E-state index in [0.29, 0.717) is 47.6 Å². The zero-order valence-corrected chi connectivity index (χ0v) is 18.7. The van der Waals surface area contributed by atoms with Crippen molar-refractivity contribution in [1.29, 1.82) is 0 Å². The smallest absolute Gasteiger partial charge is 0.287 e. The topological polar surface area (TPSA) is 114 Å². The first-order chi connectivity index (χ1) is 15.6. The Morgan fingerprint density at radius 3 is 2.97 bits per heavy atom. The standard InChI is InChI=1S/C23H27N3O5S/c1-30-18-4-2-3-14(8-18)9-24-22(29)20-25-21(28)19-17(13-32-23(19)26-20)12-31-11-16-6-5-15(7-16)10-27/h2-4,8,13,15-16,27H,5-7,9-12H2,1H3,(H,24,29)(H,25,26,28). The van der Waals surface area contributed by atoms with Crippen molar-refractivity contribution < 1.29 is 19.4 Å². The van der Waals surface area contributed by atoms with Gasteiger partial charge in [-0.25, -0.2) is 4.98 Å². The number of aliphatic hydroxyl groups excluding tert-OH is 1. The maximum Gasteiger partial charge on any atom is 0.287 e. The zero-order chi connectivity index (χ0) is 22.5. The molecule has 1 saturated carbocycles. The Morgan fingerprint density at radius 2 is 2.19 bits per heavy atom. The highest BCUT2D eigenvalue weighted by Gasteiger charge is 2.24. The van der Waals surface area contributed by atoms with Crippen LogP contribution in [0.4, 0.5) is 0 Å². The van der Waals surface area contributed by atoms with Gasteiger partial charge in [-0.2, -0.15) is 0 Å². The van der Waals surface area contributed by atoms with Crippen molar-refractivity contribution in [2.75, 3.05) is 20.3 Å². The Balaban J connectivity index is 1.38. The van der Waals surface area contributed by atoms with E-state index < -0.39 is 5.91 Å². The molecule has 3 aromatic rings. The van der Waals surface area contributed by atoms with Crippen molar-refractivity contribution >= 4 is 27.5 Å². The quantitative estimate of drug-likeness (QED) is 0.455. The fourth-order valence-electron chi connectivity index (χ4n) is 4.10. The summed E-state index contributed by atoms with van der Waals surface area (Å²) in [5, 5.41) is 14.4. The number of hydrogen-bond donors (Lipinski definition) is 3. The van der Waals surface area contributed by atoms with Crippen molar-refractivity contribution in [3.8, 4) is 5.75 Å². The summed E-state index contributed by atoms with van der Waals surface area (Å²) in [4.78, 5) is 32.7. The van der Waals surface area contributed by atoms with Gasteiger partial charge in [-0.05, 0) is 54.2 Å². The van der Waals surface area contributed by atoms with Crippen molar-refractivity contribution in [3.05, 3.63) is 57.0 Å². The average Bonchev–Trinajstić information content (AvgIpc) is 3.45. The van der Waals surface area contributed by atoms with Gasteiger partial charge in [0.15, 0.2) is 0 Å². The molecule has 1 aliphatic carbocycles. The molecule has 1 aliphatic rings. The van der Waals surface area contributed by atoms with Crippen molar-refractivity contribution in [2.24, 2.45) is 11.8 Å². The minimum Gasteiger partial charge on any atom is -0.497 e. The Kier molecular flexibility index (Phi) is 7.19. The van der Waals surface area contributed by atoms with E-state index in [2.05, 4.69) is 15.3 Å². The molecule has 0 spiro atoms. The van der Waals surface area contributed by atoms with Crippen molar-refractivity contribution in [2.45, 2.75) is 32.4 Å². The molecular weight excluding hydrogens is 430 g/mol. The van der Waals surface area contributed by atoms with Gasteiger partial charge in [0.1, 0.15) is 10.6 Å². The highest BCUT2D eigenvalue weighted by molar-refractivity contribution is 7.16. The van der Waals surface area contributed by atoms with Crippen LogP contribution in [-0.4, -0.2) is 41.3 Å². The molecule has 1 aromatic carbocycles. The number of benzene rings is 1. The van der Waals surface area contributed by atoms with Crippen LogP contribution >= 0.6 is 11.3 Å². The number of rotatable bonds is 9. The van der Waals surface area contributed by atoms with Gasteiger partial charge in [0.25, 0.3) is 11.5 Å². The third-order valence-electron chi connectivity index (χ3n) is 5.84. The lowest BCUT2D eigenvalue weighted by atomic mass is 10.1. The number of methoxy groups -OCH3 is 1. The molecule has 32 heavy (non-hydrogen) atoms. The first-order valence-corrected chi connectivity index (χ1v) is 11.6. The second kappa shape index (κ2) is 10.2. The van der Waals surface area contributed by atoms with Gasteiger partial charge in [0.2, 0.25) is 5.82 Å². The van der Waals surface area contributed by atoms with E-state index in [4.69, 9.17) is 9.47 Å². The number of nitrogens with zero attached hydrogens (tertiary/aromatic N) is 1. The zero-order valence-electron chi connectivity index (χ0n) is 17.9. The second-order valence-electron chi connectivity index (χ2n) is 8.13. The lowest BCUT2D eigenvalue weighted by Gasteiger charge is -2.10. The number of fused-ring (bicyclic) bond motifs is 1. The summed E-state index contributed by atoms with van der Waals surface area (Å²) in [6, 6.07) is 7.39. The third-order valence-corrected chi connectivity index (χ3v) is 6.76. The molecule has 0 bridgehead atoms. The largest absolute Gasteiger partial charge is 0.497 e. The Hall–Kier alpha value is -2.75. The lowest BCUT2D eigenvalue weighted by molar-refractivity contribution is 0.0869. The summed E-state index contributed by atoms with van der Waals surface area (Å²) in [7, 11) is 1.59. The molecule has 2 unspecified atom stereocenters. The lowest BCUT2D eigenvalue weighted by Crippen LogP contribution is -2.27. The normalized spacial score (nSPS) is 18.2. The highest BCUT2D eigenvalue weighted by atomic mass is 32.1. The summed E-state index contributed by atoms with van der Waals surface area (Å²) < 4.78 is 11.0. The third kappa shape index (κ3) is 5.17. The second-order valence-corrected chi connectivity index (χ2v) is 8.99. The molecule has 2 aromatic heterocycles. The fourth-order valence-corrected chi connectivity index (χ4v) is 5.03. The molecular formula is C23H27N3O5S. The van der Waals surface area contributed by atoms with E-state index in [9.17, 15) is 14.7 Å². The minimum atomic E-state index is -0.447. The number of thiophene rings is 1. The van der Waals surface area contributed by atoms with Crippen LogP contribution < -0.4 is 15.6 Å². The number of aromatic amines is 1. The Bertz CT molecular complexity index is 1140. The molecule has 1 fully saturated rings. The number of H-pyrrole nitrogens is 1. The van der Waals surface area contributed by atoms with Gasteiger partial charge in [-0.3, -0.25) is 9.59 Å². The molecule has 170 valence electrons. The molecule has 2 heterocycles. The fraction of sp³-hybridized carbons (Fsp3) is 0.435. The van der Waals surface area contributed by atoms with E-state index in [1.165, 1.54) is 11.3 Å². The number of ether oxygens (including phenoxy) is 2. The van der Waals surface area contributed by atoms with Crippen LogP contribution in [0.25, 0.3) is 10.2 Å². The summed E-state index contributed by atoms with van der Waals surface area (Å²) in [5.41, 5.74) is 1.31. The van der Waals surface area contributed by atoms with Gasteiger partial charge < -0.3 is 24.9 Å². The SMILES string of the molecule is COc1cccc(CNC(=O)c2nc3scc(COCC4CCC(CO)C4)c3c(=O)[nH]2)c1. The van der Waals surface area contributed by atoms with Gasteiger partial charge >= 0.3 is 0 Å². The van der Waals surface area contributed by atoms with E-state index in [1.807, 2.05) is 29.6 Å². The van der Waals surface area contributed by atoms with Crippen LogP contribution in [0.1, 0.15) is 41.0 Å². The van der Waals surface area contributed by atoms with Gasteiger partial charge in [0.05, 0.1) is 19.1 Å². The molecule has 0 saturated heterocycles. The summed E-state index contributed by atoms with van der Waals surface area (Å²) in [5.74, 6) is 1.08. The number of carbonyl (C=O) groups is 1. The summed E-state index contributed by atoms with van der Waals surface area (Å²) in [6.07, 6.45) is 3.08. The van der Waals surface area contributed by atoms with Crippen LogP contribution in [0.5, 0.6) is 5.75 Å². The van der Waals surface area contributed by atoms with E-state index >= 15 is 0 Å². The van der Waals surface area contributed by atoms with Gasteiger partial charge in [-0.1, -0.05) is 12.1 Å². The molecule has 2 atom stereocenters. The molecule has 3 N–H and O–H groups in total. The van der Waals surface area contributed by atoms with Crippen LogP contribution in [-0.2, 0) is 17.9 Å². The van der Waals surface area contributed by atoms with Gasteiger partial charge in [0, 0.05) is 25.3 Å². The molecule has 0 aliphatic heterocycles. The van der Waals surface area contributed by atoms with Crippen molar-refractivity contribution in [1.82, 2.24) is 15.3 Å². The average molecular weight is 458 g/mol. The van der Waals surface area contributed by atoms with Gasteiger partial charge in [-0.15, -0.1) is 11.3 Å². The highest BCUT2D eigenvalue weighted by Crippen LogP contribution is 2.31. The van der Waals surface area contributed by atoms with Crippen LogP contribution in [0, 0.1) is 11.8 Å². The van der Waals surface area contributed by atoms with Crippen LogP contribution in [0.2, 0.25) is 0 Å². The first kappa shape index (κ1) is 22.4. The van der Waals surface area contributed by atoms with Crippen molar-refractivity contribution in [3.63, 3.8) is 0 Å². The monoisotopic (exact) mass is 457 g/mol. The van der Waals surface area contributed by atoms with E-state index in [-0.39, 0.29) is 18.0 Å². The number of carbonyl (C=O) groups excluding carboxylic acids is 1. The predicted octanol–water partition coefficient (Wildman–Crippen LogP) is 2.85. The molecule has 4 rings (SSSR count). The number of hydrogen-bond acceptors (Lipinski definition) is 7. The molecule has 8 nitrogen and oxygen atoms in total. The Morgan fingerprint density at radius 1 is 1.34 bits per heavy atom. The van der Waals surface area contributed by atoms with E-state index in [0.717, 1.165) is 30.4 Å². The minimum absolute atomic E-state index is 0.0132. The molecule has 9 heteroatoms. The summed E-state index contributed by atoms with van der Waals surface area (Å²) in [6.45, 7) is 1.47. The summed E-state index contributed by atoms with van der Waals surface area (Å²) >= 11 is 1.33. The Labute approximate surface area is 189 Å². The number of aromatic nitrogens is 2. The first-order valence-electron chi connectivity index (χ1n) is 10.7. The predicted molar refractivity (Wildman–Crippen MR) is 122 cm³/mol.